The highest BCUT2D eigenvalue weighted by molar-refractivity contribution is 6.37. The van der Waals surface area contributed by atoms with Gasteiger partial charge in [0.1, 0.15) is 11.6 Å². The molecule has 7 nitrogen and oxygen atoms in total. The first-order chi connectivity index (χ1) is 15.6. The third-order valence-corrected chi connectivity index (χ3v) is 5.10. The van der Waals surface area contributed by atoms with Crippen molar-refractivity contribution >= 4 is 28.5 Å². The highest BCUT2D eigenvalue weighted by Gasteiger charge is 2.40. The van der Waals surface area contributed by atoms with E-state index in [1.165, 1.54) is 47.3 Å². The van der Waals surface area contributed by atoms with Gasteiger partial charge in [0.25, 0.3) is 11.8 Å². The Labute approximate surface area is 182 Å². The van der Waals surface area contributed by atoms with Crippen LogP contribution in [0, 0.1) is 12.7 Å². The highest BCUT2D eigenvalue weighted by atomic mass is 19.4. The molecule has 0 unspecified atom stereocenters. The summed E-state index contributed by atoms with van der Waals surface area (Å²) in [5.74, 6) is -2.47. The van der Waals surface area contributed by atoms with E-state index in [2.05, 4.69) is 14.8 Å². The molecule has 1 aliphatic rings. The molecule has 0 atom stereocenters. The number of pyridine rings is 1. The van der Waals surface area contributed by atoms with Gasteiger partial charge in [0.15, 0.2) is 5.65 Å². The predicted molar refractivity (Wildman–Crippen MR) is 108 cm³/mol. The average molecular weight is 456 g/mol. The number of carbonyl (C=O) groups is 2. The van der Waals surface area contributed by atoms with Gasteiger partial charge in [-0.05, 0) is 43.3 Å². The van der Waals surface area contributed by atoms with Crippen molar-refractivity contribution in [1.82, 2.24) is 14.8 Å². The minimum absolute atomic E-state index is 0.00333. The van der Waals surface area contributed by atoms with Crippen LogP contribution in [0.2, 0.25) is 0 Å². The fourth-order valence-electron chi connectivity index (χ4n) is 3.78. The normalized spacial score (nSPS) is 13.7. The molecule has 0 aliphatic carbocycles. The molecule has 166 valence electrons. The van der Waals surface area contributed by atoms with E-state index in [1.54, 1.807) is 6.92 Å². The number of carbonyl (C=O) groups excluding carboxylic acids is 2. The number of imide groups is 1. The maximum absolute atomic E-state index is 13.3. The van der Waals surface area contributed by atoms with Crippen LogP contribution in [0.5, 0.6) is 5.75 Å². The van der Waals surface area contributed by atoms with Gasteiger partial charge in [0.2, 0.25) is 0 Å². The quantitative estimate of drug-likeness (QED) is 0.334. The highest BCUT2D eigenvalue weighted by Crippen LogP contribution is 2.36. The van der Waals surface area contributed by atoms with Gasteiger partial charge in [-0.3, -0.25) is 9.59 Å². The Morgan fingerprint density at radius 3 is 2.39 bits per heavy atom. The Balaban J connectivity index is 1.62. The first-order valence-electron chi connectivity index (χ1n) is 9.53. The first kappa shape index (κ1) is 20.6. The van der Waals surface area contributed by atoms with Crippen LogP contribution in [0.4, 0.5) is 23.2 Å². The second-order valence-electron chi connectivity index (χ2n) is 7.21. The molecular weight excluding hydrogens is 444 g/mol. The van der Waals surface area contributed by atoms with Crippen molar-refractivity contribution in [2.75, 3.05) is 4.90 Å². The van der Waals surface area contributed by atoms with Gasteiger partial charge >= 0.3 is 6.36 Å². The fourth-order valence-corrected chi connectivity index (χ4v) is 3.78. The molecule has 0 saturated carbocycles. The molecular formula is C22H12F4N4O3. The Hall–Kier alpha value is -4.28. The van der Waals surface area contributed by atoms with Crippen molar-refractivity contribution in [3.05, 3.63) is 77.4 Å². The molecule has 0 spiro atoms. The number of fused-ring (bicyclic) bond motifs is 3. The van der Waals surface area contributed by atoms with Crippen LogP contribution in [0.25, 0.3) is 16.7 Å². The van der Waals surface area contributed by atoms with Gasteiger partial charge in [0, 0.05) is 12.3 Å². The molecule has 0 saturated heterocycles. The van der Waals surface area contributed by atoms with Crippen molar-refractivity contribution in [3.8, 4) is 11.4 Å². The van der Waals surface area contributed by atoms with Gasteiger partial charge in [-0.25, -0.2) is 19.0 Å². The largest absolute Gasteiger partial charge is 0.573 e. The van der Waals surface area contributed by atoms with E-state index in [9.17, 15) is 27.2 Å². The SMILES string of the molecule is Cc1nn(-c2ccc(F)cc2)c2ncc3c(c12)C(=O)N(c1cccc(OC(F)(F)F)c1)C3=O. The molecule has 2 aromatic carbocycles. The summed E-state index contributed by atoms with van der Waals surface area (Å²) in [6.45, 7) is 1.63. The lowest BCUT2D eigenvalue weighted by Gasteiger charge is -2.15. The Morgan fingerprint density at radius 1 is 0.970 bits per heavy atom. The Morgan fingerprint density at radius 2 is 1.70 bits per heavy atom. The van der Waals surface area contributed by atoms with E-state index in [0.29, 0.717) is 16.8 Å². The summed E-state index contributed by atoms with van der Waals surface area (Å²) in [5, 5.41) is 4.70. The molecule has 33 heavy (non-hydrogen) atoms. The van der Waals surface area contributed by atoms with Crippen molar-refractivity contribution < 1.29 is 31.9 Å². The predicted octanol–water partition coefficient (Wildman–Crippen LogP) is 4.57. The van der Waals surface area contributed by atoms with E-state index < -0.39 is 29.7 Å². The minimum atomic E-state index is -4.93. The van der Waals surface area contributed by atoms with Crippen molar-refractivity contribution in [3.63, 3.8) is 0 Å². The topological polar surface area (TPSA) is 77.3 Å². The van der Waals surface area contributed by atoms with E-state index in [4.69, 9.17) is 0 Å². The number of alkyl halides is 3. The monoisotopic (exact) mass is 456 g/mol. The molecule has 0 N–H and O–H groups in total. The number of rotatable bonds is 3. The van der Waals surface area contributed by atoms with Crippen LogP contribution in [0.1, 0.15) is 26.4 Å². The zero-order chi connectivity index (χ0) is 23.5. The molecule has 4 aromatic rings. The lowest BCUT2D eigenvalue weighted by atomic mass is 10.1. The number of ether oxygens (including phenoxy) is 1. The second-order valence-corrected chi connectivity index (χ2v) is 7.21. The van der Waals surface area contributed by atoms with Crippen LogP contribution in [0.3, 0.4) is 0 Å². The average Bonchev–Trinajstić information content (AvgIpc) is 3.21. The van der Waals surface area contributed by atoms with Crippen LogP contribution >= 0.6 is 0 Å². The number of halogens is 4. The number of nitrogens with zero attached hydrogens (tertiary/aromatic N) is 4. The molecule has 11 heteroatoms. The fraction of sp³-hybridized carbons (Fsp3) is 0.0909. The molecule has 0 bridgehead atoms. The number of hydrogen-bond donors (Lipinski definition) is 0. The number of anilines is 1. The van der Waals surface area contributed by atoms with Gasteiger partial charge < -0.3 is 4.74 Å². The minimum Gasteiger partial charge on any atom is -0.406 e. The van der Waals surface area contributed by atoms with Gasteiger partial charge in [-0.1, -0.05) is 6.07 Å². The first-order valence-corrected chi connectivity index (χ1v) is 9.53. The van der Waals surface area contributed by atoms with E-state index in [0.717, 1.165) is 17.0 Å². The van der Waals surface area contributed by atoms with Crippen LogP contribution in [-0.4, -0.2) is 32.9 Å². The van der Waals surface area contributed by atoms with E-state index in [-0.39, 0.29) is 22.5 Å². The summed E-state index contributed by atoms with van der Waals surface area (Å²) >= 11 is 0. The van der Waals surface area contributed by atoms with E-state index in [1.807, 2.05) is 0 Å². The van der Waals surface area contributed by atoms with Gasteiger partial charge in [-0.15, -0.1) is 13.2 Å². The van der Waals surface area contributed by atoms with Gasteiger partial charge in [-0.2, -0.15) is 5.10 Å². The smallest absolute Gasteiger partial charge is 0.406 e. The summed E-state index contributed by atoms with van der Waals surface area (Å²) in [5.41, 5.74) is 1.12. The van der Waals surface area contributed by atoms with Crippen molar-refractivity contribution in [2.45, 2.75) is 13.3 Å². The summed E-state index contributed by atoms with van der Waals surface area (Å²) < 4.78 is 56.4. The molecule has 0 fully saturated rings. The number of hydrogen-bond acceptors (Lipinski definition) is 5. The molecule has 2 aromatic heterocycles. The van der Waals surface area contributed by atoms with Crippen LogP contribution in [0.15, 0.2) is 54.7 Å². The summed E-state index contributed by atoms with van der Waals surface area (Å²) in [7, 11) is 0. The summed E-state index contributed by atoms with van der Waals surface area (Å²) in [4.78, 5) is 31.3. The number of amides is 2. The van der Waals surface area contributed by atoms with Crippen molar-refractivity contribution in [1.29, 1.82) is 0 Å². The number of aromatic nitrogens is 3. The standard InChI is InChI=1S/C22H12F4N4O3/c1-11-17-18-16(10-27-19(17)30(28-11)13-7-5-12(23)6-8-13)20(31)29(21(18)32)14-3-2-4-15(9-14)33-22(24,25)26/h2-10H,1H3. The summed E-state index contributed by atoms with van der Waals surface area (Å²) in [6.07, 6.45) is -3.71. The molecule has 0 radical (unpaired) electrons. The molecule has 5 rings (SSSR count). The summed E-state index contributed by atoms with van der Waals surface area (Å²) in [6, 6.07) is 10.1. The Bertz CT molecular complexity index is 1440. The molecule has 1 aliphatic heterocycles. The molecule has 3 heterocycles. The maximum atomic E-state index is 13.3. The van der Waals surface area contributed by atoms with Crippen molar-refractivity contribution in [2.24, 2.45) is 0 Å². The second kappa shape index (κ2) is 7.12. The third kappa shape index (κ3) is 3.37. The lowest BCUT2D eigenvalue weighted by Crippen LogP contribution is -2.29. The lowest BCUT2D eigenvalue weighted by molar-refractivity contribution is -0.274. The third-order valence-electron chi connectivity index (χ3n) is 5.10. The Kier molecular flexibility index (Phi) is 4.45. The molecule has 2 amide bonds. The number of aryl methyl sites for hydroxylation is 1. The maximum Gasteiger partial charge on any atom is 0.573 e. The van der Waals surface area contributed by atoms with Gasteiger partial charge in [0.05, 0.1) is 33.6 Å². The zero-order valence-electron chi connectivity index (χ0n) is 16.7. The number of benzene rings is 2. The van der Waals surface area contributed by atoms with Crippen LogP contribution in [-0.2, 0) is 0 Å². The van der Waals surface area contributed by atoms with E-state index >= 15 is 0 Å². The zero-order valence-corrected chi connectivity index (χ0v) is 16.7. The van der Waals surface area contributed by atoms with Crippen LogP contribution < -0.4 is 9.64 Å².